The zero-order valence-electron chi connectivity index (χ0n) is 11.3. The third kappa shape index (κ3) is 3.18. The molecule has 0 spiro atoms. The van der Waals surface area contributed by atoms with E-state index in [1.165, 1.54) is 30.2 Å². The molecule has 8 heteroatoms. The maximum atomic E-state index is 11.8. The monoisotopic (exact) mass is 302 g/mol. The summed E-state index contributed by atoms with van der Waals surface area (Å²) in [6.07, 6.45) is 1.98. The molecule has 19 heavy (non-hydrogen) atoms. The van der Waals surface area contributed by atoms with E-state index in [9.17, 15) is 4.79 Å². The van der Waals surface area contributed by atoms with Crippen molar-refractivity contribution in [2.24, 2.45) is 11.7 Å². The van der Waals surface area contributed by atoms with Crippen LogP contribution in [-0.2, 0) is 9.53 Å². The molecule has 1 fully saturated rings. The molecule has 0 aliphatic heterocycles. The van der Waals surface area contributed by atoms with Gasteiger partial charge < -0.3 is 15.4 Å². The molecule has 6 nitrogen and oxygen atoms in total. The van der Waals surface area contributed by atoms with Crippen molar-refractivity contribution in [3.63, 3.8) is 0 Å². The third-order valence-corrected chi connectivity index (χ3v) is 5.52. The average Bonchev–Trinajstić information content (AvgIpc) is 3.14. The second kappa shape index (κ2) is 5.64. The Morgan fingerprint density at radius 2 is 2.26 bits per heavy atom. The zero-order valence-corrected chi connectivity index (χ0v) is 12.9. The summed E-state index contributed by atoms with van der Waals surface area (Å²) in [5.74, 6) is 0.375. The lowest BCUT2D eigenvalue weighted by molar-refractivity contribution is -0.146. The van der Waals surface area contributed by atoms with Crippen LogP contribution in [0.15, 0.2) is 4.34 Å². The Morgan fingerprint density at radius 1 is 1.58 bits per heavy atom. The molecule has 0 saturated heterocycles. The lowest BCUT2D eigenvalue weighted by Crippen LogP contribution is -2.53. The first-order valence-electron chi connectivity index (χ1n) is 5.98. The van der Waals surface area contributed by atoms with Gasteiger partial charge in [0.05, 0.1) is 7.11 Å². The van der Waals surface area contributed by atoms with Crippen LogP contribution < -0.4 is 10.6 Å². The molecule has 1 aromatic rings. The molecule has 1 saturated carbocycles. The maximum Gasteiger partial charge on any atom is 0.327 e. The van der Waals surface area contributed by atoms with E-state index in [4.69, 9.17) is 10.5 Å². The summed E-state index contributed by atoms with van der Waals surface area (Å²) in [5, 5.41) is 8.99. The maximum absolute atomic E-state index is 11.8. The first-order chi connectivity index (χ1) is 8.97. The van der Waals surface area contributed by atoms with Crippen molar-refractivity contribution in [1.82, 2.24) is 10.2 Å². The van der Waals surface area contributed by atoms with Gasteiger partial charge in [0.25, 0.3) is 0 Å². The molecule has 1 aliphatic rings. The van der Waals surface area contributed by atoms with Gasteiger partial charge in [-0.2, -0.15) is 0 Å². The van der Waals surface area contributed by atoms with Crippen molar-refractivity contribution >= 4 is 34.2 Å². The van der Waals surface area contributed by atoms with Gasteiger partial charge in [0.15, 0.2) is 4.34 Å². The average molecular weight is 302 g/mol. The summed E-state index contributed by atoms with van der Waals surface area (Å²) in [5.41, 5.74) is 5.32. The number of carbonyl (C=O) groups is 1. The minimum Gasteiger partial charge on any atom is -0.468 e. The number of esters is 1. The fourth-order valence-corrected chi connectivity index (χ4v) is 3.71. The van der Waals surface area contributed by atoms with E-state index < -0.39 is 5.54 Å². The molecule has 0 aromatic carbocycles. The largest absolute Gasteiger partial charge is 0.468 e. The summed E-state index contributed by atoms with van der Waals surface area (Å²) in [4.78, 5) is 13.7. The lowest BCUT2D eigenvalue weighted by atomic mass is 9.97. The van der Waals surface area contributed by atoms with Gasteiger partial charge in [-0.1, -0.05) is 23.1 Å². The highest BCUT2D eigenvalue weighted by Crippen LogP contribution is 2.42. The SMILES string of the molecule is COC(=O)C(N)(CSc1nnc(N(C)C)s1)C1CC1. The standard InChI is InChI=1S/C11H18N4O2S2/c1-15(2)9-13-14-10(19-9)18-6-11(12,7-4-5-7)8(16)17-3/h7H,4-6,12H2,1-3H3. The molecule has 0 radical (unpaired) electrons. The van der Waals surface area contributed by atoms with Crippen molar-refractivity contribution in [3.05, 3.63) is 0 Å². The number of thioether (sulfide) groups is 1. The van der Waals surface area contributed by atoms with Crippen LogP contribution in [0.3, 0.4) is 0 Å². The van der Waals surface area contributed by atoms with Gasteiger partial charge in [-0.3, -0.25) is 4.79 Å². The summed E-state index contributed by atoms with van der Waals surface area (Å²) < 4.78 is 5.65. The molecule has 0 amide bonds. The van der Waals surface area contributed by atoms with Crippen LogP contribution in [0, 0.1) is 5.92 Å². The van der Waals surface area contributed by atoms with Crippen molar-refractivity contribution < 1.29 is 9.53 Å². The third-order valence-electron chi connectivity index (χ3n) is 3.08. The van der Waals surface area contributed by atoms with Crippen LogP contribution in [0.1, 0.15) is 12.8 Å². The fourth-order valence-electron chi connectivity index (χ4n) is 1.75. The number of methoxy groups -OCH3 is 1. The zero-order chi connectivity index (χ0) is 14.0. The summed E-state index contributed by atoms with van der Waals surface area (Å²) >= 11 is 2.96. The number of hydrogen-bond acceptors (Lipinski definition) is 8. The number of nitrogens with zero attached hydrogens (tertiary/aromatic N) is 3. The Balaban J connectivity index is 2.00. The predicted octanol–water partition coefficient (Wildman–Crippen LogP) is 0.977. The molecule has 106 valence electrons. The smallest absolute Gasteiger partial charge is 0.327 e. The second-order valence-corrected chi connectivity index (χ2v) is 7.02. The van der Waals surface area contributed by atoms with Crippen LogP contribution >= 0.6 is 23.1 Å². The van der Waals surface area contributed by atoms with Crippen LogP contribution in [-0.4, -0.2) is 48.7 Å². The summed E-state index contributed by atoms with van der Waals surface area (Å²) in [6.45, 7) is 0. The number of anilines is 1. The van der Waals surface area contributed by atoms with Gasteiger partial charge in [0.1, 0.15) is 5.54 Å². The highest BCUT2D eigenvalue weighted by molar-refractivity contribution is 8.01. The van der Waals surface area contributed by atoms with E-state index in [2.05, 4.69) is 10.2 Å². The predicted molar refractivity (Wildman–Crippen MR) is 76.6 cm³/mol. The summed E-state index contributed by atoms with van der Waals surface area (Å²) in [7, 11) is 5.22. The number of hydrogen-bond donors (Lipinski definition) is 1. The molecular formula is C11H18N4O2S2. The van der Waals surface area contributed by atoms with Gasteiger partial charge in [-0.15, -0.1) is 10.2 Å². The van der Waals surface area contributed by atoms with E-state index in [1.807, 2.05) is 19.0 Å². The number of carbonyl (C=O) groups excluding carboxylic acids is 1. The topological polar surface area (TPSA) is 81.3 Å². The molecule has 1 atom stereocenters. The molecule has 1 unspecified atom stereocenters. The van der Waals surface area contributed by atoms with E-state index in [-0.39, 0.29) is 11.9 Å². The molecular weight excluding hydrogens is 284 g/mol. The number of rotatable bonds is 6. The van der Waals surface area contributed by atoms with E-state index in [0.717, 1.165) is 22.3 Å². The van der Waals surface area contributed by atoms with Crippen molar-refractivity contribution in [2.45, 2.75) is 22.7 Å². The van der Waals surface area contributed by atoms with E-state index >= 15 is 0 Å². The lowest BCUT2D eigenvalue weighted by Gasteiger charge is -2.25. The minimum absolute atomic E-state index is 0.230. The molecule has 1 aromatic heterocycles. The normalized spacial score (nSPS) is 17.9. The van der Waals surface area contributed by atoms with Gasteiger partial charge in [-0.05, 0) is 18.8 Å². The molecule has 2 rings (SSSR count). The quantitative estimate of drug-likeness (QED) is 0.619. The van der Waals surface area contributed by atoms with Crippen molar-refractivity contribution in [3.8, 4) is 0 Å². The Morgan fingerprint density at radius 3 is 2.74 bits per heavy atom. The van der Waals surface area contributed by atoms with Crippen molar-refractivity contribution in [2.75, 3.05) is 31.9 Å². The van der Waals surface area contributed by atoms with Crippen LogP contribution in [0.25, 0.3) is 0 Å². The van der Waals surface area contributed by atoms with E-state index in [1.54, 1.807) is 0 Å². The molecule has 2 N–H and O–H groups in total. The minimum atomic E-state index is -0.899. The Kier molecular flexibility index (Phi) is 4.32. The van der Waals surface area contributed by atoms with Gasteiger partial charge in [-0.25, -0.2) is 0 Å². The fraction of sp³-hybridized carbons (Fsp3) is 0.727. The Bertz CT molecular complexity index is 461. The van der Waals surface area contributed by atoms with Crippen LogP contribution in [0.4, 0.5) is 5.13 Å². The van der Waals surface area contributed by atoms with Crippen molar-refractivity contribution in [1.29, 1.82) is 0 Å². The van der Waals surface area contributed by atoms with Gasteiger partial charge in [0.2, 0.25) is 5.13 Å². The van der Waals surface area contributed by atoms with Crippen LogP contribution in [0.5, 0.6) is 0 Å². The van der Waals surface area contributed by atoms with Gasteiger partial charge >= 0.3 is 5.97 Å². The highest BCUT2D eigenvalue weighted by atomic mass is 32.2. The number of ether oxygens (including phenoxy) is 1. The Labute approximate surface area is 120 Å². The van der Waals surface area contributed by atoms with Crippen LogP contribution in [0.2, 0.25) is 0 Å². The number of aromatic nitrogens is 2. The van der Waals surface area contributed by atoms with E-state index in [0.29, 0.717) is 5.75 Å². The van der Waals surface area contributed by atoms with Gasteiger partial charge in [0, 0.05) is 19.8 Å². The highest BCUT2D eigenvalue weighted by Gasteiger charge is 2.49. The summed E-state index contributed by atoms with van der Waals surface area (Å²) in [6, 6.07) is 0. The molecule has 1 heterocycles. The first kappa shape index (κ1) is 14.5. The molecule has 0 bridgehead atoms. The second-order valence-electron chi connectivity index (χ2n) is 4.84. The Hall–Kier alpha value is -0.860. The molecule has 1 aliphatic carbocycles. The number of nitrogens with two attached hydrogens (primary N) is 1. The first-order valence-corrected chi connectivity index (χ1v) is 7.78.